The summed E-state index contributed by atoms with van der Waals surface area (Å²) in [6.07, 6.45) is 0. The molecule has 9 heteroatoms. The molecule has 2 aromatic carbocycles. The molecule has 0 spiro atoms. The highest BCUT2D eigenvalue weighted by molar-refractivity contribution is 9.10. The zero-order chi connectivity index (χ0) is 22.9. The Hall–Kier alpha value is -3.20. The average molecular weight is 487 g/mol. The molecular formula is C22H23BrN4O4. The summed E-state index contributed by atoms with van der Waals surface area (Å²) in [6, 6.07) is 8.12. The molecule has 0 saturated carbocycles. The van der Waals surface area contributed by atoms with Crippen LogP contribution in [0.3, 0.4) is 0 Å². The van der Waals surface area contributed by atoms with E-state index in [9.17, 15) is 14.9 Å². The van der Waals surface area contributed by atoms with Crippen molar-refractivity contribution in [2.24, 2.45) is 0 Å². The number of hydrogen-bond donors (Lipinski definition) is 1. The van der Waals surface area contributed by atoms with E-state index < -0.39 is 4.92 Å². The molecule has 0 aliphatic rings. The Morgan fingerprint density at radius 2 is 1.87 bits per heavy atom. The minimum absolute atomic E-state index is 0.0205. The molecule has 1 N–H and O–H groups in total. The molecule has 3 rings (SSSR count). The molecule has 8 nitrogen and oxygen atoms in total. The molecule has 1 aromatic heterocycles. The van der Waals surface area contributed by atoms with E-state index in [1.807, 2.05) is 46.8 Å². The minimum Gasteiger partial charge on any atom is -0.457 e. The number of ether oxygens (including phenoxy) is 1. The SMILES string of the molecule is Cc1cc(C)c(C)c(Oc2cc(NC(=O)Cn3nc(C)c(Br)c3C)cc([N+](=O)[O-])c2)c1. The Kier molecular flexibility index (Phi) is 6.45. The number of nitro benzene ring substituents is 1. The number of nitrogens with zero attached hydrogens (tertiary/aromatic N) is 3. The predicted octanol–water partition coefficient (Wildman–Crippen LogP) is 5.53. The molecule has 0 saturated heterocycles. The Morgan fingerprint density at radius 3 is 2.48 bits per heavy atom. The first kappa shape index (κ1) is 22.5. The highest BCUT2D eigenvalue weighted by Gasteiger charge is 2.16. The third kappa shape index (κ3) is 5.11. The number of carbonyl (C=O) groups is 1. The summed E-state index contributed by atoms with van der Waals surface area (Å²) in [6.45, 7) is 9.53. The molecule has 0 aliphatic carbocycles. The molecule has 162 valence electrons. The van der Waals surface area contributed by atoms with Crippen LogP contribution in [-0.2, 0) is 11.3 Å². The molecular weight excluding hydrogens is 464 g/mol. The van der Waals surface area contributed by atoms with Gasteiger partial charge in [0.15, 0.2) is 0 Å². The number of anilines is 1. The van der Waals surface area contributed by atoms with Crippen molar-refractivity contribution in [2.75, 3.05) is 5.32 Å². The largest absolute Gasteiger partial charge is 0.457 e. The van der Waals surface area contributed by atoms with E-state index in [2.05, 4.69) is 26.3 Å². The zero-order valence-electron chi connectivity index (χ0n) is 17.9. The van der Waals surface area contributed by atoms with Gasteiger partial charge >= 0.3 is 0 Å². The van der Waals surface area contributed by atoms with E-state index in [0.717, 1.165) is 32.6 Å². The van der Waals surface area contributed by atoms with Crippen molar-refractivity contribution in [1.82, 2.24) is 9.78 Å². The second-order valence-electron chi connectivity index (χ2n) is 7.47. The number of amides is 1. The summed E-state index contributed by atoms with van der Waals surface area (Å²) in [5, 5.41) is 18.4. The summed E-state index contributed by atoms with van der Waals surface area (Å²) in [5.74, 6) is 0.529. The molecule has 0 aliphatic heterocycles. The van der Waals surface area contributed by atoms with Crippen molar-refractivity contribution in [3.8, 4) is 11.5 Å². The lowest BCUT2D eigenvalue weighted by Crippen LogP contribution is -2.20. The Labute approximate surface area is 188 Å². The normalized spacial score (nSPS) is 10.8. The van der Waals surface area contributed by atoms with Gasteiger partial charge in [-0.25, -0.2) is 0 Å². The van der Waals surface area contributed by atoms with E-state index in [0.29, 0.717) is 5.75 Å². The van der Waals surface area contributed by atoms with Crippen LogP contribution in [0.2, 0.25) is 0 Å². The molecule has 31 heavy (non-hydrogen) atoms. The van der Waals surface area contributed by atoms with Gasteiger partial charge in [-0.15, -0.1) is 0 Å². The van der Waals surface area contributed by atoms with Crippen molar-refractivity contribution in [2.45, 2.75) is 41.2 Å². The summed E-state index contributed by atoms with van der Waals surface area (Å²) in [5.41, 5.74) is 4.72. The molecule has 1 amide bonds. The van der Waals surface area contributed by atoms with Gasteiger partial charge in [0.1, 0.15) is 18.0 Å². The number of carbonyl (C=O) groups excluding carboxylic acids is 1. The Bertz CT molecular complexity index is 1190. The first-order valence-corrected chi connectivity index (χ1v) is 10.4. The number of hydrogen-bond acceptors (Lipinski definition) is 5. The maximum Gasteiger partial charge on any atom is 0.275 e. The molecule has 0 unspecified atom stereocenters. The second-order valence-corrected chi connectivity index (χ2v) is 8.26. The van der Waals surface area contributed by atoms with Crippen molar-refractivity contribution in [3.05, 3.63) is 73.0 Å². The van der Waals surface area contributed by atoms with Gasteiger partial charge in [-0.2, -0.15) is 5.10 Å². The van der Waals surface area contributed by atoms with E-state index in [-0.39, 0.29) is 29.6 Å². The number of nitrogens with one attached hydrogen (secondary N) is 1. The quantitative estimate of drug-likeness (QED) is 0.364. The topological polar surface area (TPSA) is 99.3 Å². The maximum absolute atomic E-state index is 12.6. The van der Waals surface area contributed by atoms with Crippen molar-refractivity contribution >= 4 is 33.2 Å². The lowest BCUT2D eigenvalue weighted by molar-refractivity contribution is -0.384. The van der Waals surface area contributed by atoms with Crippen LogP contribution in [0.1, 0.15) is 28.1 Å². The fourth-order valence-corrected chi connectivity index (χ4v) is 3.50. The first-order valence-electron chi connectivity index (χ1n) is 9.59. The standard InChI is InChI=1S/C22H23BrN4O4/c1-12-6-13(2)14(3)20(7-12)31-19-9-17(8-18(10-19)27(29)30)24-21(28)11-26-16(5)22(23)15(4)25-26/h6-10H,11H2,1-5H3,(H,24,28). The van der Waals surface area contributed by atoms with Crippen molar-refractivity contribution < 1.29 is 14.5 Å². The predicted molar refractivity (Wildman–Crippen MR) is 122 cm³/mol. The summed E-state index contributed by atoms with van der Waals surface area (Å²) in [7, 11) is 0. The number of non-ortho nitro benzene ring substituents is 1. The van der Waals surface area contributed by atoms with E-state index >= 15 is 0 Å². The molecule has 0 atom stereocenters. The van der Waals surface area contributed by atoms with Gasteiger partial charge in [-0.1, -0.05) is 6.07 Å². The highest BCUT2D eigenvalue weighted by Crippen LogP contribution is 2.33. The summed E-state index contributed by atoms with van der Waals surface area (Å²) >= 11 is 3.43. The summed E-state index contributed by atoms with van der Waals surface area (Å²) in [4.78, 5) is 23.4. The first-order chi connectivity index (χ1) is 14.5. The van der Waals surface area contributed by atoms with Crippen LogP contribution in [0.15, 0.2) is 34.8 Å². The lowest BCUT2D eigenvalue weighted by atomic mass is 10.1. The third-order valence-corrected chi connectivity index (χ3v) is 6.11. The van der Waals surface area contributed by atoms with Crippen LogP contribution in [0, 0.1) is 44.7 Å². The van der Waals surface area contributed by atoms with Crippen LogP contribution >= 0.6 is 15.9 Å². The van der Waals surface area contributed by atoms with Crippen LogP contribution in [0.25, 0.3) is 0 Å². The average Bonchev–Trinajstić information content (AvgIpc) is 2.92. The van der Waals surface area contributed by atoms with Gasteiger partial charge < -0.3 is 10.1 Å². The fourth-order valence-electron chi connectivity index (χ4n) is 3.22. The number of aromatic nitrogens is 2. The van der Waals surface area contributed by atoms with Crippen LogP contribution < -0.4 is 10.1 Å². The molecule has 0 radical (unpaired) electrons. The lowest BCUT2D eigenvalue weighted by Gasteiger charge is -2.13. The van der Waals surface area contributed by atoms with Crippen LogP contribution in [0.4, 0.5) is 11.4 Å². The van der Waals surface area contributed by atoms with Crippen molar-refractivity contribution in [3.63, 3.8) is 0 Å². The monoisotopic (exact) mass is 486 g/mol. The highest BCUT2D eigenvalue weighted by atomic mass is 79.9. The minimum atomic E-state index is -0.519. The molecule has 0 fully saturated rings. The van der Waals surface area contributed by atoms with Crippen LogP contribution in [0.5, 0.6) is 11.5 Å². The zero-order valence-corrected chi connectivity index (χ0v) is 19.5. The Balaban J connectivity index is 1.87. The number of rotatable bonds is 6. The van der Waals surface area contributed by atoms with Crippen molar-refractivity contribution in [1.29, 1.82) is 0 Å². The second kappa shape index (κ2) is 8.89. The number of halogens is 1. The van der Waals surface area contributed by atoms with Gasteiger partial charge in [0.25, 0.3) is 5.69 Å². The number of benzene rings is 2. The van der Waals surface area contributed by atoms with Gasteiger partial charge in [0.2, 0.25) is 5.91 Å². The van der Waals surface area contributed by atoms with E-state index in [4.69, 9.17) is 4.74 Å². The molecule has 1 heterocycles. The smallest absolute Gasteiger partial charge is 0.275 e. The molecule has 3 aromatic rings. The molecule has 0 bridgehead atoms. The maximum atomic E-state index is 12.6. The van der Waals surface area contributed by atoms with Crippen LogP contribution in [-0.4, -0.2) is 20.6 Å². The Morgan fingerprint density at radius 1 is 1.16 bits per heavy atom. The fraction of sp³-hybridized carbons (Fsp3) is 0.273. The number of aryl methyl sites for hydroxylation is 3. The third-order valence-electron chi connectivity index (χ3n) is 4.96. The van der Waals surface area contributed by atoms with Gasteiger partial charge in [-0.05, 0) is 73.3 Å². The van der Waals surface area contributed by atoms with Gasteiger partial charge in [-0.3, -0.25) is 19.6 Å². The van der Waals surface area contributed by atoms with E-state index in [1.165, 1.54) is 12.1 Å². The summed E-state index contributed by atoms with van der Waals surface area (Å²) < 4.78 is 8.38. The van der Waals surface area contributed by atoms with Gasteiger partial charge in [0.05, 0.1) is 32.5 Å². The number of nitro groups is 1. The van der Waals surface area contributed by atoms with Gasteiger partial charge in [0, 0.05) is 12.1 Å². The van der Waals surface area contributed by atoms with E-state index in [1.54, 1.807) is 10.7 Å².